The van der Waals surface area contributed by atoms with E-state index >= 15 is 0 Å². The van der Waals surface area contributed by atoms with E-state index in [1.807, 2.05) is 30.3 Å². The van der Waals surface area contributed by atoms with Gasteiger partial charge in [-0.15, -0.1) is 0 Å². The summed E-state index contributed by atoms with van der Waals surface area (Å²) >= 11 is 0. The molecule has 0 saturated heterocycles. The largest absolute Gasteiger partial charge is 0.497 e. The van der Waals surface area contributed by atoms with Crippen LogP contribution in [0.1, 0.15) is 17.9 Å². The van der Waals surface area contributed by atoms with Gasteiger partial charge < -0.3 is 14.2 Å². The Hall–Kier alpha value is -1.81. The second-order valence-corrected chi connectivity index (χ2v) is 5.16. The SMILES string of the molecule is COC1=C(OC)[C@]2(OC)C(=O)C[C@@H]2[C@H]1c1ccccc1. The second-order valence-electron chi connectivity index (χ2n) is 5.16. The van der Waals surface area contributed by atoms with Gasteiger partial charge in [0, 0.05) is 19.4 Å². The molecule has 0 spiro atoms. The van der Waals surface area contributed by atoms with Crippen molar-refractivity contribution in [3.8, 4) is 0 Å². The minimum absolute atomic E-state index is 0.00815. The fourth-order valence-corrected chi connectivity index (χ4v) is 3.60. The first kappa shape index (κ1) is 13.2. The normalized spacial score (nSPS) is 31.9. The van der Waals surface area contributed by atoms with Crippen LogP contribution >= 0.6 is 0 Å². The lowest BCUT2D eigenvalue weighted by molar-refractivity contribution is -0.165. The molecule has 106 valence electrons. The molecule has 2 aliphatic rings. The van der Waals surface area contributed by atoms with Crippen molar-refractivity contribution in [2.24, 2.45) is 5.92 Å². The standard InChI is InChI=1S/C16H18O4/c1-18-14-13(10-7-5-4-6-8-10)11-9-12(17)16(11,20-3)15(14)19-2/h4-8,11,13H,9H2,1-3H3/t11-,13-,16-/m1/s1. The first-order valence-electron chi connectivity index (χ1n) is 6.66. The van der Waals surface area contributed by atoms with Crippen LogP contribution in [-0.4, -0.2) is 32.7 Å². The quantitative estimate of drug-likeness (QED) is 0.845. The molecule has 4 nitrogen and oxygen atoms in total. The van der Waals surface area contributed by atoms with Crippen LogP contribution < -0.4 is 0 Å². The Balaban J connectivity index is 2.14. The molecule has 0 bridgehead atoms. The van der Waals surface area contributed by atoms with Crippen LogP contribution in [0.4, 0.5) is 0 Å². The number of ketones is 1. The number of allylic oxidation sites excluding steroid dienone is 1. The van der Waals surface area contributed by atoms with E-state index in [4.69, 9.17) is 14.2 Å². The van der Waals surface area contributed by atoms with E-state index in [0.717, 1.165) is 5.56 Å². The summed E-state index contributed by atoms with van der Waals surface area (Å²) in [5, 5.41) is 0. The molecule has 4 heteroatoms. The van der Waals surface area contributed by atoms with Gasteiger partial charge in [-0.1, -0.05) is 30.3 Å². The maximum atomic E-state index is 12.2. The summed E-state index contributed by atoms with van der Waals surface area (Å²) < 4.78 is 16.6. The monoisotopic (exact) mass is 274 g/mol. The number of hydrogen-bond acceptors (Lipinski definition) is 4. The molecule has 0 heterocycles. The van der Waals surface area contributed by atoms with Crippen LogP contribution in [0.15, 0.2) is 41.9 Å². The van der Waals surface area contributed by atoms with Gasteiger partial charge >= 0.3 is 0 Å². The van der Waals surface area contributed by atoms with Gasteiger partial charge in [0.05, 0.1) is 20.1 Å². The highest BCUT2D eigenvalue weighted by molar-refractivity contribution is 5.99. The van der Waals surface area contributed by atoms with E-state index in [-0.39, 0.29) is 17.6 Å². The fraction of sp³-hybridized carbons (Fsp3) is 0.438. The average Bonchev–Trinajstić information content (AvgIpc) is 2.72. The maximum absolute atomic E-state index is 12.2. The minimum Gasteiger partial charge on any atom is -0.497 e. The molecule has 20 heavy (non-hydrogen) atoms. The third-order valence-corrected chi connectivity index (χ3v) is 4.49. The summed E-state index contributed by atoms with van der Waals surface area (Å²) in [6, 6.07) is 10.0. The molecule has 0 N–H and O–H groups in total. The lowest BCUT2D eigenvalue weighted by atomic mass is 9.65. The number of hydrogen-bond donors (Lipinski definition) is 0. The van der Waals surface area contributed by atoms with Gasteiger partial charge in [0.25, 0.3) is 0 Å². The third-order valence-electron chi connectivity index (χ3n) is 4.49. The summed E-state index contributed by atoms with van der Waals surface area (Å²) in [6.45, 7) is 0. The molecule has 0 amide bonds. The number of fused-ring (bicyclic) bond motifs is 1. The molecule has 0 aliphatic heterocycles. The van der Waals surface area contributed by atoms with E-state index in [1.165, 1.54) is 0 Å². The van der Waals surface area contributed by atoms with E-state index in [1.54, 1.807) is 21.3 Å². The number of benzene rings is 1. The van der Waals surface area contributed by atoms with Crippen LogP contribution in [0.25, 0.3) is 0 Å². The highest BCUT2D eigenvalue weighted by Crippen LogP contribution is 2.59. The summed E-state index contributed by atoms with van der Waals surface area (Å²) in [4.78, 5) is 12.2. The van der Waals surface area contributed by atoms with E-state index in [0.29, 0.717) is 17.9 Å². The van der Waals surface area contributed by atoms with Crippen molar-refractivity contribution in [3.63, 3.8) is 0 Å². The number of carbonyl (C=O) groups is 1. The molecule has 1 saturated carbocycles. The predicted octanol–water partition coefficient (Wildman–Crippen LogP) is 2.26. The summed E-state index contributed by atoms with van der Waals surface area (Å²) in [5.41, 5.74) is 0.163. The van der Waals surface area contributed by atoms with Crippen LogP contribution in [0.2, 0.25) is 0 Å². The van der Waals surface area contributed by atoms with Crippen molar-refractivity contribution in [2.75, 3.05) is 21.3 Å². The molecule has 0 radical (unpaired) electrons. The first-order chi connectivity index (χ1) is 9.70. The van der Waals surface area contributed by atoms with Gasteiger partial charge in [-0.05, 0) is 5.56 Å². The number of ether oxygens (including phenoxy) is 3. The highest BCUT2D eigenvalue weighted by atomic mass is 16.6. The lowest BCUT2D eigenvalue weighted by Gasteiger charge is -2.44. The van der Waals surface area contributed by atoms with Crippen molar-refractivity contribution >= 4 is 5.78 Å². The summed E-state index contributed by atoms with van der Waals surface area (Å²) in [7, 11) is 4.73. The molecule has 1 aromatic rings. The Morgan fingerprint density at radius 2 is 1.80 bits per heavy atom. The zero-order valence-electron chi connectivity index (χ0n) is 11.9. The lowest BCUT2D eigenvalue weighted by Crippen LogP contribution is -2.58. The minimum atomic E-state index is -0.958. The summed E-state index contributed by atoms with van der Waals surface area (Å²) in [5.74, 6) is 1.35. The molecule has 1 fully saturated rings. The highest BCUT2D eigenvalue weighted by Gasteiger charge is 2.68. The van der Waals surface area contributed by atoms with Crippen molar-refractivity contribution in [3.05, 3.63) is 47.4 Å². The Morgan fingerprint density at radius 1 is 1.10 bits per heavy atom. The van der Waals surface area contributed by atoms with Crippen LogP contribution in [0, 0.1) is 5.92 Å². The van der Waals surface area contributed by atoms with Crippen molar-refractivity contribution in [2.45, 2.75) is 17.9 Å². The topological polar surface area (TPSA) is 44.8 Å². The first-order valence-corrected chi connectivity index (χ1v) is 6.66. The number of rotatable bonds is 4. The Bertz CT molecular complexity index is 563. The van der Waals surface area contributed by atoms with Crippen molar-refractivity contribution in [1.29, 1.82) is 0 Å². The van der Waals surface area contributed by atoms with Crippen molar-refractivity contribution in [1.82, 2.24) is 0 Å². The van der Waals surface area contributed by atoms with Gasteiger partial charge in [-0.2, -0.15) is 0 Å². The second kappa shape index (κ2) is 4.63. The van der Waals surface area contributed by atoms with Gasteiger partial charge in [0.1, 0.15) is 5.76 Å². The molecule has 3 rings (SSSR count). The molecule has 0 unspecified atom stereocenters. The molecular formula is C16H18O4. The zero-order valence-corrected chi connectivity index (χ0v) is 11.9. The number of methoxy groups -OCH3 is 3. The van der Waals surface area contributed by atoms with Gasteiger partial charge in [-0.3, -0.25) is 4.79 Å². The van der Waals surface area contributed by atoms with Crippen LogP contribution in [-0.2, 0) is 19.0 Å². The molecule has 2 aliphatic carbocycles. The molecule has 0 aromatic heterocycles. The van der Waals surface area contributed by atoms with E-state index < -0.39 is 5.60 Å². The number of Topliss-reactive ketones (excluding diaryl/α,β-unsaturated/α-hetero) is 1. The zero-order chi connectivity index (χ0) is 14.3. The van der Waals surface area contributed by atoms with Gasteiger partial charge in [-0.25, -0.2) is 0 Å². The van der Waals surface area contributed by atoms with Crippen LogP contribution in [0.3, 0.4) is 0 Å². The third kappa shape index (κ3) is 1.43. The number of carbonyl (C=O) groups excluding carboxylic acids is 1. The van der Waals surface area contributed by atoms with Gasteiger partial charge in [0.15, 0.2) is 17.1 Å². The van der Waals surface area contributed by atoms with Crippen LogP contribution in [0.5, 0.6) is 0 Å². The Kier molecular flexibility index (Phi) is 3.05. The molecule has 3 atom stereocenters. The Labute approximate surface area is 118 Å². The predicted molar refractivity (Wildman–Crippen MR) is 73.1 cm³/mol. The van der Waals surface area contributed by atoms with Crippen molar-refractivity contribution < 1.29 is 19.0 Å². The molecule has 1 aromatic carbocycles. The summed E-state index contributed by atoms with van der Waals surface area (Å²) in [6.07, 6.45) is 0.493. The van der Waals surface area contributed by atoms with Gasteiger partial charge in [0.2, 0.25) is 0 Å². The maximum Gasteiger partial charge on any atom is 0.190 e. The van der Waals surface area contributed by atoms with E-state index in [9.17, 15) is 4.79 Å². The Morgan fingerprint density at radius 3 is 2.30 bits per heavy atom. The molecular weight excluding hydrogens is 256 g/mol. The fourth-order valence-electron chi connectivity index (χ4n) is 3.60. The van der Waals surface area contributed by atoms with E-state index in [2.05, 4.69) is 0 Å². The smallest absolute Gasteiger partial charge is 0.190 e. The average molecular weight is 274 g/mol.